The maximum absolute atomic E-state index is 12.7. The minimum Gasteiger partial charge on any atom is -0.444 e. The van der Waals surface area contributed by atoms with Crippen molar-refractivity contribution in [1.82, 2.24) is 10.0 Å². The number of non-ortho nitro benzene ring substituents is 1. The summed E-state index contributed by atoms with van der Waals surface area (Å²) in [6.45, 7) is 13.0. The average molecular weight is 502 g/mol. The molecule has 0 aliphatic heterocycles. The van der Waals surface area contributed by atoms with E-state index in [-0.39, 0.29) is 10.6 Å². The van der Waals surface area contributed by atoms with Crippen LogP contribution >= 0.6 is 0 Å². The molecule has 13 heteroatoms. The molecule has 0 fully saturated rings. The topological polar surface area (TPSA) is 163 Å². The number of benzene rings is 1. The molecule has 0 saturated carbocycles. The Bertz CT molecular complexity index is 994. The summed E-state index contributed by atoms with van der Waals surface area (Å²) in [5.41, 5.74) is -1.97. The third-order valence-corrected chi connectivity index (χ3v) is 5.24. The number of sulfonamides is 1. The SMILES string of the molecule is C=C[C@@H](OC(=O)OC(C)(C)C)[C@@H](CNS(=O)(=O)c1ccc([N+](=O)[O-])cc1)NC(=O)OC(C)(C)C. The minimum atomic E-state index is -4.14. The van der Waals surface area contributed by atoms with Crippen LogP contribution in [0, 0.1) is 10.1 Å². The first-order valence-corrected chi connectivity index (χ1v) is 11.7. The Labute approximate surface area is 198 Å². The highest BCUT2D eigenvalue weighted by atomic mass is 32.2. The highest BCUT2D eigenvalue weighted by Gasteiger charge is 2.30. The highest BCUT2D eigenvalue weighted by Crippen LogP contribution is 2.17. The van der Waals surface area contributed by atoms with Gasteiger partial charge in [0.15, 0.2) is 0 Å². The average Bonchev–Trinajstić information content (AvgIpc) is 2.66. The number of ether oxygens (including phenoxy) is 3. The summed E-state index contributed by atoms with van der Waals surface area (Å²) in [4.78, 5) is 34.3. The molecule has 12 nitrogen and oxygen atoms in total. The molecular formula is C21H31N3O9S. The number of carbonyl (C=O) groups is 2. The Kier molecular flexibility index (Phi) is 9.58. The number of rotatable bonds is 9. The summed E-state index contributed by atoms with van der Waals surface area (Å²) in [6.07, 6.45) is -1.92. The molecule has 0 spiro atoms. The van der Waals surface area contributed by atoms with Crippen molar-refractivity contribution in [2.75, 3.05) is 6.54 Å². The molecule has 190 valence electrons. The van der Waals surface area contributed by atoms with Gasteiger partial charge in [-0.05, 0) is 59.8 Å². The summed E-state index contributed by atoms with van der Waals surface area (Å²) < 4.78 is 43.2. The van der Waals surface area contributed by atoms with Crippen molar-refractivity contribution in [2.24, 2.45) is 0 Å². The molecule has 0 unspecified atom stereocenters. The van der Waals surface area contributed by atoms with Crippen molar-refractivity contribution in [2.45, 2.75) is 69.8 Å². The van der Waals surface area contributed by atoms with Crippen LogP contribution in [-0.2, 0) is 24.2 Å². The van der Waals surface area contributed by atoms with Crippen LogP contribution in [0.2, 0.25) is 0 Å². The van der Waals surface area contributed by atoms with Gasteiger partial charge in [0, 0.05) is 18.7 Å². The molecule has 0 saturated heterocycles. The third kappa shape index (κ3) is 10.2. The van der Waals surface area contributed by atoms with Crippen LogP contribution in [0.1, 0.15) is 41.5 Å². The summed E-state index contributed by atoms with van der Waals surface area (Å²) in [7, 11) is -4.14. The Morgan fingerprint density at radius 1 is 1.09 bits per heavy atom. The Hall–Kier alpha value is -3.19. The van der Waals surface area contributed by atoms with E-state index in [1.165, 1.54) is 6.08 Å². The monoisotopic (exact) mass is 501 g/mol. The van der Waals surface area contributed by atoms with Gasteiger partial charge in [-0.25, -0.2) is 22.7 Å². The maximum atomic E-state index is 12.7. The zero-order valence-electron chi connectivity index (χ0n) is 20.0. The molecule has 1 rings (SSSR count). The predicted molar refractivity (Wildman–Crippen MR) is 123 cm³/mol. The van der Waals surface area contributed by atoms with Crippen LogP contribution in [-0.4, -0.2) is 55.5 Å². The molecule has 0 bridgehead atoms. The van der Waals surface area contributed by atoms with Crippen LogP contribution < -0.4 is 10.0 Å². The largest absolute Gasteiger partial charge is 0.509 e. The Morgan fingerprint density at radius 3 is 2.06 bits per heavy atom. The van der Waals surface area contributed by atoms with E-state index in [0.717, 1.165) is 24.3 Å². The first-order chi connectivity index (χ1) is 15.4. The maximum Gasteiger partial charge on any atom is 0.509 e. The molecule has 0 aromatic heterocycles. The normalized spacial score (nSPS) is 13.8. The van der Waals surface area contributed by atoms with Crippen LogP contribution in [0.3, 0.4) is 0 Å². The molecule has 2 N–H and O–H groups in total. The summed E-state index contributed by atoms with van der Waals surface area (Å²) in [5, 5.41) is 13.2. The number of amides is 1. The molecule has 0 aliphatic carbocycles. The van der Waals surface area contributed by atoms with Gasteiger partial charge in [0.2, 0.25) is 10.0 Å². The fraction of sp³-hybridized carbons (Fsp3) is 0.524. The molecule has 2 atom stereocenters. The first kappa shape index (κ1) is 28.8. The highest BCUT2D eigenvalue weighted by molar-refractivity contribution is 7.89. The number of hydrogen-bond acceptors (Lipinski definition) is 9. The number of alkyl carbamates (subject to hydrolysis) is 1. The van der Waals surface area contributed by atoms with E-state index in [2.05, 4.69) is 16.6 Å². The zero-order chi connectivity index (χ0) is 26.3. The van der Waals surface area contributed by atoms with E-state index in [4.69, 9.17) is 14.2 Å². The number of nitrogens with zero attached hydrogens (tertiary/aromatic N) is 1. The van der Waals surface area contributed by atoms with E-state index in [0.29, 0.717) is 0 Å². The Morgan fingerprint density at radius 2 is 1.62 bits per heavy atom. The number of nitro benzene ring substituents is 1. The third-order valence-electron chi connectivity index (χ3n) is 3.80. The lowest BCUT2D eigenvalue weighted by Gasteiger charge is -2.28. The van der Waals surface area contributed by atoms with Crippen molar-refractivity contribution >= 4 is 28.0 Å². The lowest BCUT2D eigenvalue weighted by molar-refractivity contribution is -0.384. The van der Waals surface area contributed by atoms with Crippen LogP contribution in [0.25, 0.3) is 0 Å². The van der Waals surface area contributed by atoms with Gasteiger partial charge in [0.25, 0.3) is 5.69 Å². The second-order valence-electron chi connectivity index (χ2n) is 9.14. The lowest BCUT2D eigenvalue weighted by Crippen LogP contribution is -2.52. The van der Waals surface area contributed by atoms with E-state index < -0.39 is 57.1 Å². The summed E-state index contributed by atoms with van der Waals surface area (Å²) in [5.74, 6) is 0. The van der Waals surface area contributed by atoms with Gasteiger partial charge in [-0.15, -0.1) is 0 Å². The molecule has 1 aromatic carbocycles. The zero-order valence-corrected chi connectivity index (χ0v) is 20.8. The Balaban J connectivity index is 3.08. The molecule has 1 aromatic rings. The van der Waals surface area contributed by atoms with E-state index in [1.54, 1.807) is 41.5 Å². The van der Waals surface area contributed by atoms with Crippen LogP contribution in [0.5, 0.6) is 0 Å². The second-order valence-corrected chi connectivity index (χ2v) is 10.9. The fourth-order valence-electron chi connectivity index (χ4n) is 2.42. The van der Waals surface area contributed by atoms with Crippen molar-refractivity contribution in [3.8, 4) is 0 Å². The van der Waals surface area contributed by atoms with E-state index in [1.807, 2.05) is 0 Å². The van der Waals surface area contributed by atoms with Crippen molar-refractivity contribution in [3.63, 3.8) is 0 Å². The van der Waals surface area contributed by atoms with Gasteiger partial charge < -0.3 is 19.5 Å². The van der Waals surface area contributed by atoms with Crippen LogP contribution in [0.4, 0.5) is 15.3 Å². The van der Waals surface area contributed by atoms with Gasteiger partial charge in [-0.3, -0.25) is 10.1 Å². The standard InChI is InChI=1S/C21H31N3O9S/c1-8-17(31-19(26)33-21(5,6)7)16(23-18(25)32-20(2,3)4)13-22-34(29,30)15-11-9-14(10-12-15)24(27)28/h8-12,16-17,22H,1,13H2,2-7H3,(H,23,25)/t16-,17-/m1/s1. The molecule has 0 heterocycles. The van der Waals surface area contributed by atoms with Crippen molar-refractivity contribution in [1.29, 1.82) is 0 Å². The molecule has 1 amide bonds. The van der Waals surface area contributed by atoms with Gasteiger partial charge in [-0.2, -0.15) is 0 Å². The first-order valence-electron chi connectivity index (χ1n) is 10.2. The van der Waals surface area contributed by atoms with Gasteiger partial charge in [0.05, 0.1) is 15.9 Å². The van der Waals surface area contributed by atoms with Crippen LogP contribution in [0.15, 0.2) is 41.8 Å². The molecule has 0 aliphatic rings. The molecule has 34 heavy (non-hydrogen) atoms. The smallest absolute Gasteiger partial charge is 0.444 e. The lowest BCUT2D eigenvalue weighted by atomic mass is 10.1. The molecular weight excluding hydrogens is 470 g/mol. The molecule has 0 radical (unpaired) electrons. The number of nitro groups is 1. The predicted octanol–water partition coefficient (Wildman–Crippen LogP) is 3.27. The summed E-state index contributed by atoms with van der Waals surface area (Å²) in [6, 6.07) is 3.09. The summed E-state index contributed by atoms with van der Waals surface area (Å²) >= 11 is 0. The van der Waals surface area contributed by atoms with Crippen molar-refractivity contribution in [3.05, 3.63) is 47.0 Å². The minimum absolute atomic E-state index is 0.239. The number of hydrogen-bond donors (Lipinski definition) is 2. The van der Waals surface area contributed by atoms with Gasteiger partial charge in [-0.1, -0.05) is 6.58 Å². The fourth-order valence-corrected chi connectivity index (χ4v) is 3.48. The van der Waals surface area contributed by atoms with E-state index >= 15 is 0 Å². The number of carbonyl (C=O) groups excluding carboxylic acids is 2. The quantitative estimate of drug-likeness (QED) is 0.224. The second kappa shape index (κ2) is 11.3. The number of nitrogens with one attached hydrogen (secondary N) is 2. The van der Waals surface area contributed by atoms with Gasteiger partial charge >= 0.3 is 12.2 Å². The van der Waals surface area contributed by atoms with Gasteiger partial charge in [0.1, 0.15) is 17.3 Å². The van der Waals surface area contributed by atoms with Crippen molar-refractivity contribution < 1.29 is 37.1 Å². The van der Waals surface area contributed by atoms with E-state index in [9.17, 15) is 28.1 Å².